The summed E-state index contributed by atoms with van der Waals surface area (Å²) >= 11 is 6.15. The van der Waals surface area contributed by atoms with Crippen molar-refractivity contribution >= 4 is 40.8 Å². The van der Waals surface area contributed by atoms with Crippen LogP contribution < -0.4 is 15.0 Å². The van der Waals surface area contributed by atoms with Crippen LogP contribution in [0.2, 0.25) is 5.02 Å². The fourth-order valence-corrected chi connectivity index (χ4v) is 5.13. The summed E-state index contributed by atoms with van der Waals surface area (Å²) in [7, 11) is 3.15. The van der Waals surface area contributed by atoms with Gasteiger partial charge in [-0.25, -0.2) is 9.69 Å². The highest BCUT2D eigenvalue weighted by Crippen LogP contribution is 2.38. The minimum atomic E-state index is -0.573. The summed E-state index contributed by atoms with van der Waals surface area (Å²) in [4.78, 5) is 42.9. The van der Waals surface area contributed by atoms with Gasteiger partial charge in [0.2, 0.25) is 11.8 Å². The van der Waals surface area contributed by atoms with E-state index in [0.29, 0.717) is 41.6 Å². The Kier molecular flexibility index (Phi) is 8.13. The first-order valence-corrected chi connectivity index (χ1v) is 12.2. The van der Waals surface area contributed by atoms with E-state index >= 15 is 0 Å². The zero-order valence-electron chi connectivity index (χ0n) is 20.5. The summed E-state index contributed by atoms with van der Waals surface area (Å²) < 4.78 is 16.6. The number of urea groups is 1. The number of benzene rings is 2. The molecule has 4 unspecified atom stereocenters. The third-order valence-corrected chi connectivity index (χ3v) is 6.88. The molecule has 36 heavy (non-hydrogen) atoms. The van der Waals surface area contributed by atoms with Crippen molar-refractivity contribution < 1.29 is 28.6 Å². The van der Waals surface area contributed by atoms with Gasteiger partial charge in [0.1, 0.15) is 12.3 Å². The molecule has 192 valence electrons. The lowest BCUT2D eigenvalue weighted by atomic mass is 9.78. The Morgan fingerprint density at radius 3 is 2.39 bits per heavy atom. The van der Waals surface area contributed by atoms with Crippen LogP contribution in [0.3, 0.4) is 0 Å². The zero-order chi connectivity index (χ0) is 25.8. The minimum absolute atomic E-state index is 0.231. The molecule has 0 bridgehead atoms. The van der Waals surface area contributed by atoms with Gasteiger partial charge in [-0.15, -0.1) is 0 Å². The predicted molar refractivity (Wildman–Crippen MR) is 135 cm³/mol. The van der Waals surface area contributed by atoms with E-state index in [-0.39, 0.29) is 30.6 Å². The Bertz CT molecular complexity index is 1110. The number of fused-ring (bicyclic) bond motifs is 1. The molecule has 1 saturated carbocycles. The van der Waals surface area contributed by atoms with Gasteiger partial charge < -0.3 is 24.4 Å². The molecule has 0 aromatic heterocycles. The van der Waals surface area contributed by atoms with Gasteiger partial charge in [-0.2, -0.15) is 0 Å². The first-order valence-electron chi connectivity index (χ1n) is 11.8. The molecule has 2 aromatic rings. The van der Waals surface area contributed by atoms with E-state index in [1.807, 2.05) is 6.92 Å². The van der Waals surface area contributed by atoms with Crippen LogP contribution >= 0.6 is 11.6 Å². The van der Waals surface area contributed by atoms with Crippen molar-refractivity contribution in [1.82, 2.24) is 4.90 Å². The molecule has 9 nitrogen and oxygen atoms in total. The summed E-state index contributed by atoms with van der Waals surface area (Å²) in [5.41, 5.74) is 0.931. The Balaban J connectivity index is 1.60. The second kappa shape index (κ2) is 11.3. The first kappa shape index (κ1) is 25.9. The lowest BCUT2D eigenvalue weighted by Crippen LogP contribution is -2.66. The highest BCUT2D eigenvalue weighted by molar-refractivity contribution is 6.31. The number of imide groups is 1. The number of hydrogen-bond acceptors (Lipinski definition) is 6. The van der Waals surface area contributed by atoms with Crippen molar-refractivity contribution in [1.29, 1.82) is 0 Å². The van der Waals surface area contributed by atoms with Gasteiger partial charge in [0, 0.05) is 31.0 Å². The number of rotatable bonds is 8. The van der Waals surface area contributed by atoms with Gasteiger partial charge >= 0.3 is 6.03 Å². The number of carbonyl (C=O) groups is 3. The Hall–Kier alpha value is -3.14. The number of nitrogens with zero attached hydrogens (tertiary/aromatic N) is 2. The highest BCUT2D eigenvalue weighted by atomic mass is 35.5. The third kappa shape index (κ3) is 5.33. The average Bonchev–Trinajstić information content (AvgIpc) is 2.87. The summed E-state index contributed by atoms with van der Waals surface area (Å²) in [6, 6.07) is 12.4. The van der Waals surface area contributed by atoms with Crippen LogP contribution in [0, 0.1) is 5.92 Å². The van der Waals surface area contributed by atoms with Gasteiger partial charge in [0.15, 0.2) is 0 Å². The monoisotopic (exact) mass is 515 g/mol. The van der Waals surface area contributed by atoms with Crippen molar-refractivity contribution in [3.63, 3.8) is 0 Å². The molecule has 2 aromatic carbocycles. The van der Waals surface area contributed by atoms with Crippen molar-refractivity contribution in [3.05, 3.63) is 53.6 Å². The van der Waals surface area contributed by atoms with Crippen molar-refractivity contribution in [2.75, 3.05) is 37.6 Å². The molecular weight excluding hydrogens is 486 g/mol. The molecule has 4 atom stereocenters. The number of halogens is 1. The van der Waals surface area contributed by atoms with E-state index in [9.17, 15) is 14.4 Å². The van der Waals surface area contributed by atoms with E-state index in [4.69, 9.17) is 25.8 Å². The molecular formula is C26H30ClN3O6. The number of amides is 4. The molecule has 1 heterocycles. The van der Waals surface area contributed by atoms with Crippen molar-refractivity contribution in [2.24, 2.45) is 5.92 Å². The quantitative estimate of drug-likeness (QED) is 0.571. The predicted octanol–water partition coefficient (Wildman–Crippen LogP) is 3.95. The smallest absolute Gasteiger partial charge is 0.332 e. The SMILES string of the molecule is CCOc1ccc(NC(=O)CN2C(=O)N(c3cccc(Cl)c3)C(=O)C3CC(OC)C(OC)CC32)cc1. The summed E-state index contributed by atoms with van der Waals surface area (Å²) in [6.07, 6.45) is 0.108. The fourth-order valence-electron chi connectivity index (χ4n) is 4.94. The molecule has 0 radical (unpaired) electrons. The van der Waals surface area contributed by atoms with E-state index in [2.05, 4.69) is 5.32 Å². The van der Waals surface area contributed by atoms with E-state index < -0.39 is 18.0 Å². The standard InChI is InChI=1S/C26H30ClN3O6/c1-4-36-19-10-8-17(9-11-19)28-24(31)15-29-21-14-23(35-3)22(34-2)13-20(21)25(32)30(26(29)33)18-7-5-6-16(27)12-18/h5-12,20-23H,4,13-15H2,1-3H3,(H,28,31). The maximum atomic E-state index is 13.7. The van der Waals surface area contributed by atoms with Gasteiger partial charge in [-0.3, -0.25) is 9.59 Å². The molecule has 4 amide bonds. The average molecular weight is 516 g/mol. The Labute approximate surface area is 215 Å². The number of methoxy groups -OCH3 is 2. The molecule has 2 aliphatic rings. The van der Waals surface area contributed by atoms with Gasteiger partial charge in [0.05, 0.1) is 30.4 Å². The summed E-state index contributed by atoms with van der Waals surface area (Å²) in [6.45, 7) is 2.20. The highest BCUT2D eigenvalue weighted by Gasteiger charge is 2.52. The normalized spacial score (nSPS) is 23.9. The van der Waals surface area contributed by atoms with E-state index in [1.165, 1.54) is 4.90 Å². The Morgan fingerprint density at radius 2 is 1.75 bits per heavy atom. The maximum Gasteiger partial charge on any atom is 0.332 e. The van der Waals surface area contributed by atoms with Crippen LogP contribution in [0.25, 0.3) is 0 Å². The molecule has 1 saturated heterocycles. The molecule has 1 aliphatic heterocycles. The fraction of sp³-hybridized carbons (Fsp3) is 0.423. The molecule has 0 spiro atoms. The summed E-state index contributed by atoms with van der Waals surface area (Å²) in [5, 5.41) is 3.22. The van der Waals surface area contributed by atoms with E-state index in [0.717, 1.165) is 4.90 Å². The lowest BCUT2D eigenvalue weighted by molar-refractivity contribution is -0.139. The first-order chi connectivity index (χ1) is 17.4. The zero-order valence-corrected chi connectivity index (χ0v) is 21.2. The molecule has 1 aliphatic carbocycles. The third-order valence-electron chi connectivity index (χ3n) is 6.65. The molecule has 4 rings (SSSR count). The van der Waals surface area contributed by atoms with Crippen LogP contribution in [-0.4, -0.2) is 68.4 Å². The van der Waals surface area contributed by atoms with Crippen molar-refractivity contribution in [3.8, 4) is 5.75 Å². The van der Waals surface area contributed by atoms with Gasteiger partial charge in [-0.05, 0) is 62.2 Å². The Morgan fingerprint density at radius 1 is 1.06 bits per heavy atom. The largest absolute Gasteiger partial charge is 0.494 e. The number of anilines is 2. The second-order valence-corrected chi connectivity index (χ2v) is 9.20. The van der Waals surface area contributed by atoms with Crippen LogP contribution in [0.4, 0.5) is 16.2 Å². The summed E-state index contributed by atoms with van der Waals surface area (Å²) in [5.74, 6) is -0.585. The minimum Gasteiger partial charge on any atom is -0.494 e. The lowest BCUT2D eigenvalue weighted by Gasteiger charge is -2.49. The van der Waals surface area contributed by atoms with E-state index in [1.54, 1.807) is 62.8 Å². The number of ether oxygens (including phenoxy) is 3. The van der Waals surface area contributed by atoms with Gasteiger partial charge in [-0.1, -0.05) is 17.7 Å². The van der Waals surface area contributed by atoms with Crippen LogP contribution in [0.15, 0.2) is 48.5 Å². The second-order valence-electron chi connectivity index (χ2n) is 8.76. The molecule has 10 heteroatoms. The molecule has 1 N–H and O–H groups in total. The van der Waals surface area contributed by atoms with Crippen LogP contribution in [-0.2, 0) is 19.1 Å². The number of carbonyl (C=O) groups excluding carboxylic acids is 3. The molecule has 2 fully saturated rings. The topological polar surface area (TPSA) is 97.4 Å². The number of nitrogens with one attached hydrogen (secondary N) is 1. The van der Waals surface area contributed by atoms with Gasteiger partial charge in [0.25, 0.3) is 0 Å². The van der Waals surface area contributed by atoms with Crippen LogP contribution in [0.1, 0.15) is 19.8 Å². The van der Waals surface area contributed by atoms with Crippen LogP contribution in [0.5, 0.6) is 5.75 Å². The number of hydrogen-bond donors (Lipinski definition) is 1. The van der Waals surface area contributed by atoms with Crippen molar-refractivity contribution in [2.45, 2.75) is 38.0 Å². The maximum absolute atomic E-state index is 13.7.